The predicted molar refractivity (Wildman–Crippen MR) is 84.3 cm³/mol. The van der Waals surface area contributed by atoms with E-state index < -0.39 is 0 Å². The van der Waals surface area contributed by atoms with Crippen LogP contribution in [0.5, 0.6) is 0 Å². The van der Waals surface area contributed by atoms with Gasteiger partial charge in [0.1, 0.15) is 16.6 Å². The minimum Gasteiger partial charge on any atom is -0.396 e. The molecule has 0 fully saturated rings. The Morgan fingerprint density at radius 3 is 2.60 bits per heavy atom. The highest BCUT2D eigenvalue weighted by Crippen LogP contribution is 2.35. The first-order valence-corrected chi connectivity index (χ1v) is 7.66. The first-order chi connectivity index (χ1) is 9.54. The number of nitrogens with one attached hydrogen (secondary N) is 1. The fourth-order valence-electron chi connectivity index (χ4n) is 1.99. The minimum atomic E-state index is -0.0970. The summed E-state index contributed by atoms with van der Waals surface area (Å²) in [5, 5.41) is 13.1. The van der Waals surface area contributed by atoms with Gasteiger partial charge >= 0.3 is 0 Å². The number of thiophene rings is 1. The fraction of sp³-hybridized carbons (Fsp3) is 0.571. The monoisotopic (exact) mass is 294 g/mol. The van der Waals surface area contributed by atoms with E-state index in [0.717, 1.165) is 32.6 Å². The van der Waals surface area contributed by atoms with E-state index >= 15 is 0 Å². The number of nitrogen functional groups attached to an aromatic ring is 1. The zero-order valence-corrected chi connectivity index (χ0v) is 13.1. The number of anilines is 2. The Morgan fingerprint density at radius 2 is 2.10 bits per heavy atom. The quantitative estimate of drug-likeness (QED) is 0.569. The number of Topliss-reactive ketones (excluding diaryl/α,β-unsaturated/α-hetero) is 1. The molecule has 1 aromatic rings. The third kappa shape index (κ3) is 3.95. The van der Waals surface area contributed by atoms with Gasteiger partial charge in [0.25, 0.3) is 0 Å². The first kappa shape index (κ1) is 16.5. The smallest absolute Gasteiger partial charge is 0.171 e. The van der Waals surface area contributed by atoms with Crippen molar-refractivity contribution in [1.29, 1.82) is 5.26 Å². The fourth-order valence-corrected chi connectivity index (χ4v) is 2.98. The van der Waals surface area contributed by atoms with Crippen LogP contribution in [0.4, 0.5) is 10.7 Å². The second kappa shape index (κ2) is 7.88. The van der Waals surface area contributed by atoms with Gasteiger partial charge in [-0.2, -0.15) is 5.26 Å². The molecule has 0 unspecified atom stereocenters. The van der Waals surface area contributed by atoms with Crippen LogP contribution in [0.15, 0.2) is 0 Å². The second-order valence-corrected chi connectivity index (χ2v) is 5.54. The van der Waals surface area contributed by atoms with E-state index in [0.29, 0.717) is 21.1 Å². The van der Waals surface area contributed by atoms with Crippen molar-refractivity contribution in [3.8, 4) is 6.07 Å². The number of carbonyl (C=O) groups excluding carboxylic acids is 1. The van der Waals surface area contributed by atoms with Gasteiger partial charge < -0.3 is 16.0 Å². The molecule has 0 aromatic carbocycles. The summed E-state index contributed by atoms with van der Waals surface area (Å²) in [6, 6.07) is 2.07. The van der Waals surface area contributed by atoms with Gasteiger partial charge in [-0.25, -0.2) is 0 Å². The van der Waals surface area contributed by atoms with E-state index in [-0.39, 0.29) is 5.78 Å². The normalized spacial score (nSPS) is 10.6. The molecular weight excluding hydrogens is 272 g/mol. The molecule has 0 bridgehead atoms. The molecule has 0 atom stereocenters. The highest BCUT2D eigenvalue weighted by Gasteiger charge is 2.18. The molecule has 0 aliphatic heterocycles. The molecular formula is C14H22N4OS. The molecule has 0 radical (unpaired) electrons. The minimum absolute atomic E-state index is 0.0970. The lowest BCUT2D eigenvalue weighted by Crippen LogP contribution is -2.25. The van der Waals surface area contributed by atoms with Crippen LogP contribution in [0.3, 0.4) is 0 Å². The Balaban J connectivity index is 2.63. The van der Waals surface area contributed by atoms with E-state index in [9.17, 15) is 4.79 Å². The molecule has 5 nitrogen and oxygen atoms in total. The van der Waals surface area contributed by atoms with Crippen molar-refractivity contribution in [2.75, 3.05) is 37.2 Å². The summed E-state index contributed by atoms with van der Waals surface area (Å²) in [4.78, 5) is 14.2. The Bertz CT molecular complexity index is 500. The topological polar surface area (TPSA) is 82.2 Å². The van der Waals surface area contributed by atoms with Crippen LogP contribution in [-0.4, -0.2) is 36.9 Å². The number of nitriles is 1. The van der Waals surface area contributed by atoms with Crippen LogP contribution in [0, 0.1) is 11.3 Å². The second-order valence-electron chi connectivity index (χ2n) is 4.52. The maximum Gasteiger partial charge on any atom is 0.171 e. The molecule has 110 valence electrons. The summed E-state index contributed by atoms with van der Waals surface area (Å²) in [5.74, 6) is -0.0970. The van der Waals surface area contributed by atoms with Crippen molar-refractivity contribution in [2.45, 2.75) is 27.2 Å². The highest BCUT2D eigenvalue weighted by molar-refractivity contribution is 7.18. The molecule has 1 heterocycles. The summed E-state index contributed by atoms with van der Waals surface area (Å²) in [5.41, 5.74) is 6.52. The third-order valence-corrected chi connectivity index (χ3v) is 4.47. The molecule has 6 heteroatoms. The van der Waals surface area contributed by atoms with Crippen LogP contribution < -0.4 is 11.1 Å². The summed E-state index contributed by atoms with van der Waals surface area (Å²) >= 11 is 1.27. The number of carbonyl (C=O) groups is 1. The maximum atomic E-state index is 11.4. The highest BCUT2D eigenvalue weighted by atomic mass is 32.1. The van der Waals surface area contributed by atoms with E-state index in [1.807, 2.05) is 0 Å². The molecule has 0 amide bonds. The van der Waals surface area contributed by atoms with Gasteiger partial charge in [-0.1, -0.05) is 13.8 Å². The zero-order chi connectivity index (χ0) is 15.1. The molecule has 0 saturated carbocycles. The third-order valence-electron chi connectivity index (χ3n) is 3.21. The van der Waals surface area contributed by atoms with E-state index in [1.165, 1.54) is 18.3 Å². The molecule has 0 saturated heterocycles. The molecule has 0 aliphatic rings. The zero-order valence-electron chi connectivity index (χ0n) is 12.3. The van der Waals surface area contributed by atoms with Gasteiger partial charge in [-0.15, -0.1) is 11.3 Å². The molecule has 20 heavy (non-hydrogen) atoms. The lowest BCUT2D eigenvalue weighted by atomic mass is 10.2. The van der Waals surface area contributed by atoms with E-state index in [4.69, 9.17) is 11.0 Å². The Labute approximate surface area is 124 Å². The van der Waals surface area contributed by atoms with Crippen molar-refractivity contribution in [1.82, 2.24) is 4.90 Å². The summed E-state index contributed by atoms with van der Waals surface area (Å²) in [6.45, 7) is 9.62. The standard InChI is InChI=1S/C14H22N4OS/c1-4-18(5-2)8-6-7-17-14-11(9-15)12(16)13(20-14)10(3)19/h17H,4-8,16H2,1-3H3. The van der Waals surface area contributed by atoms with Gasteiger partial charge in [-0.3, -0.25) is 4.79 Å². The number of ketones is 1. The summed E-state index contributed by atoms with van der Waals surface area (Å²) in [6.07, 6.45) is 0.986. The Hall–Kier alpha value is -1.58. The molecule has 1 aromatic heterocycles. The number of hydrogen-bond acceptors (Lipinski definition) is 6. The van der Waals surface area contributed by atoms with E-state index in [2.05, 4.69) is 30.1 Å². The van der Waals surface area contributed by atoms with Gasteiger partial charge in [0.05, 0.1) is 10.6 Å². The van der Waals surface area contributed by atoms with Crippen LogP contribution in [-0.2, 0) is 0 Å². The molecule has 3 N–H and O–H groups in total. The largest absolute Gasteiger partial charge is 0.396 e. The maximum absolute atomic E-state index is 11.4. The Morgan fingerprint density at radius 1 is 1.45 bits per heavy atom. The van der Waals surface area contributed by atoms with Gasteiger partial charge in [0, 0.05) is 13.5 Å². The van der Waals surface area contributed by atoms with Gasteiger partial charge in [0.2, 0.25) is 0 Å². The van der Waals surface area contributed by atoms with Gasteiger partial charge in [-0.05, 0) is 26.1 Å². The SMILES string of the molecule is CCN(CC)CCCNc1sc(C(C)=O)c(N)c1C#N. The van der Waals surface area contributed by atoms with E-state index in [1.54, 1.807) is 0 Å². The van der Waals surface area contributed by atoms with Crippen molar-refractivity contribution >= 4 is 27.8 Å². The van der Waals surface area contributed by atoms with Crippen LogP contribution in [0.1, 0.15) is 42.4 Å². The van der Waals surface area contributed by atoms with Crippen molar-refractivity contribution in [3.63, 3.8) is 0 Å². The van der Waals surface area contributed by atoms with Crippen molar-refractivity contribution in [3.05, 3.63) is 10.4 Å². The average Bonchev–Trinajstić information content (AvgIpc) is 2.75. The average molecular weight is 294 g/mol. The molecule has 0 aliphatic carbocycles. The summed E-state index contributed by atoms with van der Waals surface area (Å²) < 4.78 is 0. The lowest BCUT2D eigenvalue weighted by molar-refractivity contribution is 0.102. The number of nitrogens with two attached hydrogens (primary N) is 1. The number of nitrogens with zero attached hydrogens (tertiary/aromatic N) is 2. The number of hydrogen-bond donors (Lipinski definition) is 2. The Kier molecular flexibility index (Phi) is 6.49. The first-order valence-electron chi connectivity index (χ1n) is 6.84. The molecule has 1 rings (SSSR count). The van der Waals surface area contributed by atoms with Crippen molar-refractivity contribution < 1.29 is 4.79 Å². The van der Waals surface area contributed by atoms with Crippen LogP contribution in [0.25, 0.3) is 0 Å². The molecule has 0 spiro atoms. The van der Waals surface area contributed by atoms with Crippen LogP contribution in [0.2, 0.25) is 0 Å². The number of rotatable bonds is 8. The van der Waals surface area contributed by atoms with Crippen molar-refractivity contribution in [2.24, 2.45) is 0 Å². The summed E-state index contributed by atoms with van der Waals surface area (Å²) in [7, 11) is 0. The van der Waals surface area contributed by atoms with Crippen LogP contribution >= 0.6 is 11.3 Å². The lowest BCUT2D eigenvalue weighted by Gasteiger charge is -2.17. The van der Waals surface area contributed by atoms with Gasteiger partial charge in [0.15, 0.2) is 5.78 Å². The predicted octanol–water partition coefficient (Wildman–Crippen LogP) is 2.55.